The van der Waals surface area contributed by atoms with E-state index in [1.54, 1.807) is 6.20 Å². The highest BCUT2D eigenvalue weighted by Crippen LogP contribution is 2.36. The monoisotopic (exact) mass is 398 g/mol. The lowest BCUT2D eigenvalue weighted by atomic mass is 9.93. The van der Waals surface area contributed by atoms with Crippen LogP contribution in [0, 0.1) is 6.92 Å². The van der Waals surface area contributed by atoms with E-state index in [1.807, 2.05) is 54.4 Å². The molecule has 1 aliphatic heterocycles. The Hall–Kier alpha value is -3.27. The highest BCUT2D eigenvalue weighted by Gasteiger charge is 2.25. The zero-order valence-corrected chi connectivity index (χ0v) is 17.5. The van der Waals surface area contributed by atoms with Crippen LogP contribution >= 0.6 is 0 Å². The quantitative estimate of drug-likeness (QED) is 0.538. The Morgan fingerprint density at radius 2 is 1.87 bits per heavy atom. The minimum Gasteiger partial charge on any atom is -0.312 e. The van der Waals surface area contributed by atoms with Gasteiger partial charge in [0.05, 0.1) is 0 Å². The van der Waals surface area contributed by atoms with Crippen LogP contribution in [0.3, 0.4) is 0 Å². The smallest absolute Gasteiger partial charge is 0.226 e. The lowest BCUT2D eigenvalue weighted by Gasteiger charge is -2.18. The summed E-state index contributed by atoms with van der Waals surface area (Å²) in [4.78, 5) is 30.7. The van der Waals surface area contributed by atoms with E-state index >= 15 is 0 Å². The number of ketones is 1. The fourth-order valence-corrected chi connectivity index (χ4v) is 4.20. The molecule has 1 amide bonds. The van der Waals surface area contributed by atoms with E-state index in [0.717, 1.165) is 40.9 Å². The number of hydrogen-bond donors (Lipinski definition) is 0. The third-order valence-corrected chi connectivity index (χ3v) is 5.93. The molecule has 152 valence electrons. The minimum absolute atomic E-state index is 0.143. The number of fused-ring (bicyclic) bond motifs is 1. The summed E-state index contributed by atoms with van der Waals surface area (Å²) in [7, 11) is 0. The van der Waals surface area contributed by atoms with Crippen LogP contribution in [-0.4, -0.2) is 23.2 Å². The van der Waals surface area contributed by atoms with E-state index in [1.165, 1.54) is 11.1 Å². The van der Waals surface area contributed by atoms with Gasteiger partial charge in [-0.1, -0.05) is 43.3 Å². The molecule has 4 nitrogen and oxygen atoms in total. The largest absolute Gasteiger partial charge is 0.312 e. The predicted octanol–water partition coefficient (Wildman–Crippen LogP) is 5.17. The second kappa shape index (κ2) is 8.62. The Labute approximate surface area is 177 Å². The zero-order chi connectivity index (χ0) is 21.1. The molecule has 1 aliphatic rings. The minimum atomic E-state index is 0.143. The molecule has 2 heterocycles. The molecule has 0 saturated carbocycles. The van der Waals surface area contributed by atoms with Gasteiger partial charge in [0.1, 0.15) is 0 Å². The first-order valence-corrected chi connectivity index (χ1v) is 10.5. The van der Waals surface area contributed by atoms with Crippen molar-refractivity contribution in [3.63, 3.8) is 0 Å². The van der Waals surface area contributed by atoms with Gasteiger partial charge in [-0.3, -0.25) is 14.6 Å². The third-order valence-electron chi connectivity index (χ3n) is 5.93. The van der Waals surface area contributed by atoms with Gasteiger partial charge in [0.2, 0.25) is 5.91 Å². The summed E-state index contributed by atoms with van der Waals surface area (Å²) in [6.45, 7) is 4.79. The molecule has 0 radical (unpaired) electrons. The highest BCUT2D eigenvalue weighted by atomic mass is 16.2. The van der Waals surface area contributed by atoms with Gasteiger partial charge in [-0.25, -0.2) is 0 Å². The SMILES string of the molecule is CCC(=O)N1CCc2c1ccc(-c1ccc(C(=O)CCc3cccnc3)cc1)c2C. The molecule has 30 heavy (non-hydrogen) atoms. The number of rotatable bonds is 6. The Morgan fingerprint density at radius 3 is 2.57 bits per heavy atom. The second-order valence-electron chi connectivity index (χ2n) is 7.75. The van der Waals surface area contributed by atoms with Gasteiger partial charge in [0, 0.05) is 43.0 Å². The van der Waals surface area contributed by atoms with Gasteiger partial charge in [0.15, 0.2) is 5.78 Å². The van der Waals surface area contributed by atoms with Crippen LogP contribution in [0.2, 0.25) is 0 Å². The number of benzene rings is 2. The van der Waals surface area contributed by atoms with Crippen molar-refractivity contribution < 1.29 is 9.59 Å². The van der Waals surface area contributed by atoms with Crippen LogP contribution in [-0.2, 0) is 17.6 Å². The topological polar surface area (TPSA) is 50.3 Å². The van der Waals surface area contributed by atoms with Crippen LogP contribution in [0.1, 0.15) is 46.8 Å². The molecule has 4 heteroatoms. The highest BCUT2D eigenvalue weighted by molar-refractivity contribution is 5.97. The molecule has 0 bridgehead atoms. The first-order chi connectivity index (χ1) is 14.6. The number of carbonyl (C=O) groups is 2. The molecule has 0 unspecified atom stereocenters. The van der Waals surface area contributed by atoms with Gasteiger partial charge in [-0.2, -0.15) is 0 Å². The molecular formula is C26H26N2O2. The van der Waals surface area contributed by atoms with E-state index < -0.39 is 0 Å². The second-order valence-corrected chi connectivity index (χ2v) is 7.75. The predicted molar refractivity (Wildman–Crippen MR) is 120 cm³/mol. The van der Waals surface area contributed by atoms with Crippen molar-refractivity contribution in [3.05, 3.63) is 83.2 Å². The summed E-state index contributed by atoms with van der Waals surface area (Å²) in [6.07, 6.45) is 6.14. The van der Waals surface area contributed by atoms with Gasteiger partial charge in [0.25, 0.3) is 0 Å². The Kier molecular flexibility index (Phi) is 5.75. The van der Waals surface area contributed by atoms with Crippen LogP contribution in [0.4, 0.5) is 5.69 Å². The maximum Gasteiger partial charge on any atom is 0.226 e. The summed E-state index contributed by atoms with van der Waals surface area (Å²) in [5.41, 5.74) is 7.59. The van der Waals surface area contributed by atoms with Gasteiger partial charge >= 0.3 is 0 Å². The maximum atomic E-state index is 12.6. The average Bonchev–Trinajstić information content (AvgIpc) is 3.23. The molecule has 0 atom stereocenters. The molecule has 1 aromatic heterocycles. The van der Waals surface area contributed by atoms with Gasteiger partial charge in [-0.15, -0.1) is 0 Å². The number of hydrogen-bond acceptors (Lipinski definition) is 3. The summed E-state index contributed by atoms with van der Waals surface area (Å²) in [6, 6.07) is 15.9. The van der Waals surface area contributed by atoms with Crippen molar-refractivity contribution >= 4 is 17.4 Å². The number of pyridine rings is 1. The van der Waals surface area contributed by atoms with Crippen molar-refractivity contribution in [1.29, 1.82) is 0 Å². The van der Waals surface area contributed by atoms with Crippen molar-refractivity contribution in [2.24, 2.45) is 0 Å². The van der Waals surface area contributed by atoms with Crippen molar-refractivity contribution in [3.8, 4) is 11.1 Å². The molecular weight excluding hydrogens is 372 g/mol. The van der Waals surface area contributed by atoms with E-state index in [-0.39, 0.29) is 11.7 Å². The molecule has 0 N–H and O–H groups in total. The number of Topliss-reactive ketones (excluding diaryl/α,β-unsaturated/α-hetero) is 1. The number of aromatic nitrogens is 1. The molecule has 2 aromatic carbocycles. The van der Waals surface area contributed by atoms with Crippen molar-refractivity contribution in [1.82, 2.24) is 4.98 Å². The Bertz CT molecular complexity index is 1070. The average molecular weight is 399 g/mol. The van der Waals surface area contributed by atoms with Gasteiger partial charge in [-0.05, 0) is 59.7 Å². The fourth-order valence-electron chi connectivity index (χ4n) is 4.20. The number of nitrogens with zero attached hydrogens (tertiary/aromatic N) is 2. The van der Waals surface area contributed by atoms with E-state index in [0.29, 0.717) is 19.3 Å². The normalized spacial score (nSPS) is 12.7. The van der Waals surface area contributed by atoms with E-state index in [4.69, 9.17) is 0 Å². The van der Waals surface area contributed by atoms with Crippen molar-refractivity contribution in [2.75, 3.05) is 11.4 Å². The number of anilines is 1. The first-order valence-electron chi connectivity index (χ1n) is 10.5. The van der Waals surface area contributed by atoms with Crippen molar-refractivity contribution in [2.45, 2.75) is 39.5 Å². The molecule has 0 fully saturated rings. The molecule has 3 aromatic rings. The maximum absolute atomic E-state index is 12.6. The van der Waals surface area contributed by atoms with Crippen LogP contribution in [0.25, 0.3) is 11.1 Å². The number of amides is 1. The molecule has 4 rings (SSSR count). The van der Waals surface area contributed by atoms with Crippen LogP contribution in [0.15, 0.2) is 60.9 Å². The Balaban J connectivity index is 1.50. The summed E-state index contributed by atoms with van der Waals surface area (Å²) >= 11 is 0. The number of carbonyl (C=O) groups excluding carboxylic acids is 2. The lowest BCUT2D eigenvalue weighted by molar-refractivity contribution is -0.118. The fraction of sp³-hybridized carbons (Fsp3) is 0.269. The number of aryl methyl sites for hydroxylation is 1. The lowest BCUT2D eigenvalue weighted by Crippen LogP contribution is -2.27. The summed E-state index contributed by atoms with van der Waals surface area (Å²) in [5, 5.41) is 0. The van der Waals surface area contributed by atoms with E-state index in [2.05, 4.69) is 24.0 Å². The van der Waals surface area contributed by atoms with Gasteiger partial charge < -0.3 is 4.90 Å². The molecule has 0 saturated heterocycles. The summed E-state index contributed by atoms with van der Waals surface area (Å²) < 4.78 is 0. The van der Waals surface area contributed by atoms with Crippen LogP contribution < -0.4 is 4.90 Å². The van der Waals surface area contributed by atoms with Crippen LogP contribution in [0.5, 0.6) is 0 Å². The summed E-state index contributed by atoms with van der Waals surface area (Å²) in [5.74, 6) is 0.319. The van der Waals surface area contributed by atoms with E-state index in [9.17, 15) is 9.59 Å². The first kappa shape index (κ1) is 20.0. The molecule has 0 aliphatic carbocycles. The zero-order valence-electron chi connectivity index (χ0n) is 17.5. The third kappa shape index (κ3) is 3.90. The molecule has 0 spiro atoms. The Morgan fingerprint density at radius 1 is 1.07 bits per heavy atom. The standard InChI is InChI=1S/C26H26N2O2/c1-3-26(30)28-16-14-23-18(2)22(11-12-24(23)28)20-7-9-21(10-8-20)25(29)13-6-19-5-4-15-27-17-19/h4-5,7-12,15,17H,3,6,13-14,16H2,1-2H3.